The Bertz CT molecular complexity index is 1190. The first-order valence-corrected chi connectivity index (χ1v) is 11.8. The number of rotatable bonds is 8. The Morgan fingerprint density at radius 2 is 1.84 bits per heavy atom. The molecule has 11 heteroatoms. The van der Waals surface area contributed by atoms with E-state index in [-0.39, 0.29) is 32.7 Å². The SMILES string of the molecule is COC(=O)CC=CS(=O)c1ccc(Nc2nc(N)c(C(=O)c3c(Cl)cccc3Cl)s2)cc1. The molecule has 0 saturated carbocycles. The topological polar surface area (TPSA) is 111 Å². The number of nitrogens with two attached hydrogens (primary N) is 1. The van der Waals surface area contributed by atoms with Gasteiger partial charge < -0.3 is 15.8 Å². The summed E-state index contributed by atoms with van der Waals surface area (Å²) in [5.74, 6) is -0.754. The highest BCUT2D eigenvalue weighted by Crippen LogP contribution is 2.34. The number of carbonyl (C=O) groups is 2. The molecule has 0 fully saturated rings. The third-order valence-corrected chi connectivity index (χ3v) is 6.91. The number of thiazole rings is 1. The molecule has 166 valence electrons. The highest BCUT2D eigenvalue weighted by atomic mass is 35.5. The molecule has 0 spiro atoms. The first kappa shape index (κ1) is 23.9. The predicted octanol–water partition coefficient (Wildman–Crippen LogP) is 5.19. The monoisotopic (exact) mass is 509 g/mol. The minimum atomic E-state index is -1.41. The summed E-state index contributed by atoms with van der Waals surface area (Å²) in [5.41, 5.74) is 6.78. The Morgan fingerprint density at radius 1 is 1.19 bits per heavy atom. The molecule has 2 aromatic carbocycles. The number of ketones is 1. The number of methoxy groups -OCH3 is 1. The van der Waals surface area contributed by atoms with Crippen molar-refractivity contribution in [3.8, 4) is 0 Å². The molecule has 0 aliphatic carbocycles. The summed E-state index contributed by atoms with van der Waals surface area (Å²) in [6.45, 7) is 0. The summed E-state index contributed by atoms with van der Waals surface area (Å²) in [5, 5.41) is 5.36. The summed E-state index contributed by atoms with van der Waals surface area (Å²) < 4.78 is 16.8. The number of carbonyl (C=O) groups excluding carboxylic acids is 2. The van der Waals surface area contributed by atoms with Crippen LogP contribution >= 0.6 is 34.5 Å². The zero-order valence-electron chi connectivity index (χ0n) is 16.6. The fourth-order valence-corrected chi connectivity index (χ4v) is 4.82. The Kier molecular flexibility index (Phi) is 8.03. The van der Waals surface area contributed by atoms with E-state index < -0.39 is 22.6 Å². The lowest BCUT2D eigenvalue weighted by Gasteiger charge is -2.04. The van der Waals surface area contributed by atoms with Crippen molar-refractivity contribution in [3.63, 3.8) is 0 Å². The van der Waals surface area contributed by atoms with E-state index in [0.717, 1.165) is 11.3 Å². The van der Waals surface area contributed by atoms with Gasteiger partial charge in [0.05, 0.1) is 39.9 Å². The molecule has 0 aliphatic heterocycles. The van der Waals surface area contributed by atoms with Gasteiger partial charge in [-0.2, -0.15) is 0 Å². The number of nitrogens with zero attached hydrogens (tertiary/aromatic N) is 1. The molecule has 1 unspecified atom stereocenters. The Hall–Kier alpha value is -2.72. The van der Waals surface area contributed by atoms with Gasteiger partial charge in [-0.1, -0.05) is 46.7 Å². The number of aromatic nitrogens is 1. The number of nitrogens with one attached hydrogen (secondary N) is 1. The van der Waals surface area contributed by atoms with Crippen molar-refractivity contribution in [2.24, 2.45) is 0 Å². The number of ether oxygens (including phenoxy) is 1. The largest absolute Gasteiger partial charge is 0.469 e. The van der Waals surface area contributed by atoms with Crippen molar-refractivity contribution >= 4 is 73.7 Å². The summed E-state index contributed by atoms with van der Waals surface area (Å²) in [7, 11) is -0.115. The molecule has 0 saturated heterocycles. The van der Waals surface area contributed by atoms with Crippen LogP contribution in [0.5, 0.6) is 0 Å². The molecule has 0 amide bonds. The fourth-order valence-electron chi connectivity index (χ4n) is 2.57. The van der Waals surface area contributed by atoms with E-state index in [9.17, 15) is 13.8 Å². The second-order valence-electron chi connectivity index (χ2n) is 6.26. The van der Waals surface area contributed by atoms with Gasteiger partial charge in [0.25, 0.3) is 0 Å². The van der Waals surface area contributed by atoms with E-state index in [0.29, 0.717) is 15.7 Å². The lowest BCUT2D eigenvalue weighted by Crippen LogP contribution is -2.04. The van der Waals surface area contributed by atoms with Crippen molar-refractivity contribution in [1.29, 1.82) is 0 Å². The molecule has 1 atom stereocenters. The maximum absolute atomic E-state index is 12.9. The second kappa shape index (κ2) is 10.7. The van der Waals surface area contributed by atoms with Crippen molar-refractivity contribution in [2.45, 2.75) is 11.3 Å². The lowest BCUT2D eigenvalue weighted by molar-refractivity contribution is -0.139. The smallest absolute Gasteiger partial charge is 0.309 e. The van der Waals surface area contributed by atoms with E-state index in [2.05, 4.69) is 15.0 Å². The second-order valence-corrected chi connectivity index (χ2v) is 9.41. The number of hydrogen-bond acceptors (Lipinski definition) is 8. The van der Waals surface area contributed by atoms with Crippen LogP contribution in [0.25, 0.3) is 0 Å². The van der Waals surface area contributed by atoms with Crippen LogP contribution in [0.1, 0.15) is 21.7 Å². The maximum Gasteiger partial charge on any atom is 0.309 e. The Balaban J connectivity index is 1.72. The molecule has 1 heterocycles. The highest BCUT2D eigenvalue weighted by Gasteiger charge is 2.22. The predicted molar refractivity (Wildman–Crippen MR) is 128 cm³/mol. The number of benzene rings is 2. The highest BCUT2D eigenvalue weighted by molar-refractivity contribution is 7.88. The summed E-state index contributed by atoms with van der Waals surface area (Å²) >= 11 is 13.3. The molecule has 3 N–H and O–H groups in total. The van der Waals surface area contributed by atoms with E-state index in [1.54, 1.807) is 42.5 Å². The van der Waals surface area contributed by atoms with Crippen LogP contribution in [0.4, 0.5) is 16.6 Å². The standard InChI is InChI=1S/C21H17Cl2N3O4S2/c1-30-16(27)6-3-11-32(29)13-9-7-12(8-10-13)25-21-26-20(24)19(31-21)18(28)17-14(22)4-2-5-15(17)23/h2-5,7-11H,6,24H2,1H3,(H,25,26). The fraction of sp³-hybridized carbons (Fsp3) is 0.0952. The van der Waals surface area contributed by atoms with Gasteiger partial charge in [0.15, 0.2) is 5.13 Å². The van der Waals surface area contributed by atoms with Gasteiger partial charge in [-0.3, -0.25) is 9.59 Å². The van der Waals surface area contributed by atoms with Crippen LogP contribution in [0.15, 0.2) is 58.8 Å². The first-order chi connectivity index (χ1) is 15.3. The molecule has 3 aromatic rings. The normalized spacial score (nSPS) is 12.0. The molecule has 0 radical (unpaired) electrons. The van der Waals surface area contributed by atoms with Gasteiger partial charge in [0.2, 0.25) is 5.78 Å². The molecule has 1 aromatic heterocycles. The average Bonchev–Trinajstić information content (AvgIpc) is 3.13. The van der Waals surface area contributed by atoms with E-state index >= 15 is 0 Å². The number of hydrogen-bond donors (Lipinski definition) is 2. The lowest BCUT2D eigenvalue weighted by atomic mass is 10.1. The van der Waals surface area contributed by atoms with E-state index in [1.807, 2.05) is 0 Å². The number of esters is 1. The van der Waals surface area contributed by atoms with Gasteiger partial charge in [0.1, 0.15) is 10.7 Å². The summed E-state index contributed by atoms with van der Waals surface area (Å²) in [6, 6.07) is 11.6. The van der Waals surface area contributed by atoms with Crippen molar-refractivity contribution in [3.05, 3.63) is 74.4 Å². The first-order valence-electron chi connectivity index (χ1n) is 9.06. The Morgan fingerprint density at radius 3 is 2.47 bits per heavy atom. The van der Waals surface area contributed by atoms with Gasteiger partial charge in [-0.05, 0) is 36.4 Å². The third-order valence-electron chi connectivity index (χ3n) is 4.12. The molecular formula is C21H17Cl2N3O4S2. The van der Waals surface area contributed by atoms with Gasteiger partial charge in [-0.15, -0.1) is 0 Å². The van der Waals surface area contributed by atoms with Crippen LogP contribution in [0.2, 0.25) is 10.0 Å². The molecule has 7 nitrogen and oxygen atoms in total. The van der Waals surface area contributed by atoms with Crippen LogP contribution in [0, 0.1) is 0 Å². The maximum atomic E-state index is 12.9. The molecular weight excluding hydrogens is 493 g/mol. The van der Waals surface area contributed by atoms with E-state index in [1.165, 1.54) is 18.6 Å². The summed E-state index contributed by atoms with van der Waals surface area (Å²) in [6.07, 6.45) is 1.55. The van der Waals surface area contributed by atoms with Gasteiger partial charge in [-0.25, -0.2) is 9.19 Å². The Labute approximate surface area is 200 Å². The summed E-state index contributed by atoms with van der Waals surface area (Å²) in [4.78, 5) is 28.9. The van der Waals surface area contributed by atoms with Gasteiger partial charge in [0, 0.05) is 16.0 Å². The third kappa shape index (κ3) is 5.74. The van der Waals surface area contributed by atoms with Crippen molar-refractivity contribution < 1.29 is 18.5 Å². The van der Waals surface area contributed by atoms with Gasteiger partial charge >= 0.3 is 5.97 Å². The van der Waals surface area contributed by atoms with E-state index in [4.69, 9.17) is 28.9 Å². The average molecular weight is 510 g/mol. The van der Waals surface area contributed by atoms with Crippen LogP contribution in [0.3, 0.4) is 0 Å². The molecule has 0 bridgehead atoms. The minimum absolute atomic E-state index is 0.0494. The quantitative estimate of drug-likeness (QED) is 0.317. The zero-order chi connectivity index (χ0) is 23.3. The van der Waals surface area contributed by atoms with Crippen LogP contribution in [-0.2, 0) is 20.3 Å². The molecule has 3 rings (SSSR count). The van der Waals surface area contributed by atoms with Crippen LogP contribution in [-0.4, -0.2) is 28.1 Å². The number of nitrogen functional groups attached to an aromatic ring is 1. The minimum Gasteiger partial charge on any atom is -0.469 e. The molecule has 32 heavy (non-hydrogen) atoms. The zero-order valence-corrected chi connectivity index (χ0v) is 19.8. The van der Waals surface area contributed by atoms with Crippen molar-refractivity contribution in [2.75, 3.05) is 18.2 Å². The number of anilines is 3. The number of halogens is 2. The molecule has 0 aliphatic rings. The van der Waals surface area contributed by atoms with Crippen molar-refractivity contribution in [1.82, 2.24) is 4.98 Å². The van der Waals surface area contributed by atoms with Crippen LogP contribution < -0.4 is 11.1 Å².